The molecule has 5 amide bonds. The molecule has 0 bridgehead atoms. The molecule has 5 heterocycles. The molecule has 3 saturated heterocycles. The van der Waals surface area contributed by atoms with Crippen LogP contribution in [0.25, 0.3) is 0 Å². The van der Waals surface area contributed by atoms with Crippen LogP contribution in [0.5, 0.6) is 5.75 Å². The number of nitrogens with one attached hydrogen (secondary N) is 1. The van der Waals surface area contributed by atoms with Crippen molar-refractivity contribution < 1.29 is 33.5 Å². The van der Waals surface area contributed by atoms with E-state index in [4.69, 9.17) is 11.6 Å². The number of anilines is 1. The fraction of sp³-hybridized carbons (Fsp3) is 0.370. The minimum Gasteiger partial charge on any atom is -0.508 e. The molecule has 10 rings (SSSR count). The zero-order valence-electron chi connectivity index (χ0n) is 32.4. The number of piperidine rings is 2. The number of amides is 5. The van der Waals surface area contributed by atoms with Crippen LogP contribution in [0.2, 0.25) is 5.02 Å². The molecule has 11 nitrogen and oxygen atoms in total. The number of imide groups is 2. The Hall–Kier alpha value is -5.59. The SMILES string of the molecule is O=C1CCC(N2C(=O)c3cc4c(cc3C2=O)CN(CC(=O)N2CCC3(CC2)CN(c2ccc([C@@H]5c6ccc(O)cc6CC[C@@H]5c5ccc(F)cc5Cl)cc2)C3)C4)C(=O)N1. The first kappa shape index (κ1) is 37.7. The largest absolute Gasteiger partial charge is 0.508 e. The summed E-state index contributed by atoms with van der Waals surface area (Å²) >= 11 is 6.62. The fourth-order valence-corrected chi connectivity index (χ4v) is 10.9. The van der Waals surface area contributed by atoms with E-state index < -0.39 is 29.7 Å². The quantitative estimate of drug-likeness (QED) is 0.231. The Morgan fingerprint density at radius 2 is 1.49 bits per heavy atom. The summed E-state index contributed by atoms with van der Waals surface area (Å²) in [4.78, 5) is 71.7. The molecule has 13 heteroatoms. The summed E-state index contributed by atoms with van der Waals surface area (Å²) in [6.07, 6.45) is 3.67. The molecule has 302 valence electrons. The first-order chi connectivity index (χ1) is 28.4. The van der Waals surface area contributed by atoms with E-state index in [9.17, 15) is 33.5 Å². The number of carbonyl (C=O) groups excluding carboxylic acids is 5. The van der Waals surface area contributed by atoms with Gasteiger partial charge in [0.15, 0.2) is 0 Å². The van der Waals surface area contributed by atoms with E-state index in [2.05, 4.69) is 34.5 Å². The first-order valence-corrected chi connectivity index (χ1v) is 20.8. The number of halogens is 2. The third-order valence-corrected chi connectivity index (χ3v) is 14.0. The summed E-state index contributed by atoms with van der Waals surface area (Å²) in [5.41, 5.74) is 7.98. The Bertz CT molecular complexity index is 2410. The number of likely N-dealkylation sites (tertiary alicyclic amines) is 1. The molecule has 5 aliphatic heterocycles. The summed E-state index contributed by atoms with van der Waals surface area (Å²) in [5.74, 6) is -2.06. The second-order valence-corrected chi connectivity index (χ2v) is 17.7. The van der Waals surface area contributed by atoms with Gasteiger partial charge in [0, 0.05) is 67.7 Å². The zero-order valence-corrected chi connectivity index (χ0v) is 33.1. The molecular formula is C46H43ClFN5O6. The Morgan fingerprint density at radius 3 is 2.15 bits per heavy atom. The number of aryl methyl sites for hydroxylation is 1. The highest BCUT2D eigenvalue weighted by molar-refractivity contribution is 6.31. The molecular weight excluding hydrogens is 773 g/mol. The van der Waals surface area contributed by atoms with Gasteiger partial charge in [0.1, 0.15) is 17.6 Å². The van der Waals surface area contributed by atoms with Crippen LogP contribution in [0.4, 0.5) is 10.1 Å². The lowest BCUT2D eigenvalue weighted by atomic mass is 9.69. The molecule has 0 aromatic heterocycles. The maximum absolute atomic E-state index is 14.0. The van der Waals surface area contributed by atoms with Crippen molar-refractivity contribution >= 4 is 46.8 Å². The van der Waals surface area contributed by atoms with Crippen LogP contribution in [0, 0.1) is 11.2 Å². The number of fused-ring (bicyclic) bond motifs is 3. The number of benzene rings is 4. The molecule has 1 spiro atoms. The van der Waals surface area contributed by atoms with Crippen LogP contribution in [-0.4, -0.2) is 88.1 Å². The second-order valence-electron chi connectivity index (χ2n) is 17.3. The molecule has 3 atom stereocenters. The van der Waals surface area contributed by atoms with E-state index in [0.717, 1.165) is 82.7 Å². The highest BCUT2D eigenvalue weighted by atomic mass is 35.5. The van der Waals surface area contributed by atoms with E-state index in [1.165, 1.54) is 12.1 Å². The van der Waals surface area contributed by atoms with E-state index >= 15 is 0 Å². The predicted molar refractivity (Wildman–Crippen MR) is 217 cm³/mol. The zero-order chi connectivity index (χ0) is 40.7. The van der Waals surface area contributed by atoms with Crippen molar-refractivity contribution in [3.63, 3.8) is 0 Å². The maximum Gasteiger partial charge on any atom is 0.262 e. The summed E-state index contributed by atoms with van der Waals surface area (Å²) in [7, 11) is 0. The van der Waals surface area contributed by atoms with Gasteiger partial charge in [-0.3, -0.25) is 39.1 Å². The van der Waals surface area contributed by atoms with Gasteiger partial charge in [-0.05, 0) is 120 Å². The van der Waals surface area contributed by atoms with E-state index in [1.54, 1.807) is 24.3 Å². The average Bonchev–Trinajstić information content (AvgIpc) is 3.71. The number of carbonyl (C=O) groups is 5. The molecule has 1 aliphatic carbocycles. The highest BCUT2D eigenvalue weighted by Gasteiger charge is 2.47. The minimum absolute atomic E-state index is 0.00249. The normalized spacial score (nSPS) is 23.6. The van der Waals surface area contributed by atoms with Crippen LogP contribution in [-0.2, 0) is 33.9 Å². The van der Waals surface area contributed by atoms with Gasteiger partial charge in [-0.25, -0.2) is 4.39 Å². The number of hydrogen-bond acceptors (Lipinski definition) is 8. The standard InChI is InChI=1S/C46H43ClFN5O6/c47-38-20-30(48)4-9-34(38)35-8-3-27-17-32(54)7-10-33(27)42(35)26-1-5-31(6-2-26)52-24-46(25-52)13-15-51(16-14-46)41(56)23-50-21-28-18-36-37(19-29(28)22-50)45(59)53(44(36)58)39-11-12-40(55)49-43(39)57/h1-2,4-7,9-10,17-20,35,39,42,54H,3,8,11-16,21-25H2,(H,49,55,57)/t35-,39?,42-/m1/s1. The summed E-state index contributed by atoms with van der Waals surface area (Å²) in [6, 6.07) is 21.5. The van der Waals surface area contributed by atoms with Crippen molar-refractivity contribution in [1.29, 1.82) is 0 Å². The summed E-state index contributed by atoms with van der Waals surface area (Å²) in [6.45, 7) is 4.47. The Labute approximate surface area is 345 Å². The van der Waals surface area contributed by atoms with Crippen LogP contribution in [0.15, 0.2) is 72.8 Å². The molecule has 2 N–H and O–H groups in total. The first-order valence-electron chi connectivity index (χ1n) is 20.4. The number of phenols is 1. The van der Waals surface area contributed by atoms with E-state index in [-0.39, 0.29) is 65.2 Å². The highest BCUT2D eigenvalue weighted by Crippen LogP contribution is 2.49. The van der Waals surface area contributed by atoms with Crippen LogP contribution < -0.4 is 10.2 Å². The topological polar surface area (TPSA) is 131 Å². The smallest absolute Gasteiger partial charge is 0.262 e. The minimum atomic E-state index is -1.00. The van der Waals surface area contributed by atoms with Crippen molar-refractivity contribution in [1.82, 2.24) is 20.0 Å². The lowest BCUT2D eigenvalue weighted by Gasteiger charge is -2.55. The van der Waals surface area contributed by atoms with Crippen molar-refractivity contribution in [2.45, 2.75) is 69.5 Å². The lowest BCUT2D eigenvalue weighted by Crippen LogP contribution is -2.61. The molecule has 0 radical (unpaired) electrons. The Kier molecular flexibility index (Phi) is 9.13. The van der Waals surface area contributed by atoms with Gasteiger partial charge in [-0.1, -0.05) is 35.9 Å². The van der Waals surface area contributed by atoms with Crippen LogP contribution in [0.3, 0.4) is 0 Å². The fourth-order valence-electron chi connectivity index (χ4n) is 10.6. The third-order valence-electron chi connectivity index (χ3n) is 13.7. The number of hydrogen-bond donors (Lipinski definition) is 2. The maximum atomic E-state index is 14.0. The van der Waals surface area contributed by atoms with Gasteiger partial charge in [0.2, 0.25) is 17.7 Å². The summed E-state index contributed by atoms with van der Waals surface area (Å²) in [5, 5.41) is 12.9. The van der Waals surface area contributed by atoms with Gasteiger partial charge in [-0.15, -0.1) is 0 Å². The lowest BCUT2D eigenvalue weighted by molar-refractivity contribution is -0.137. The van der Waals surface area contributed by atoms with Gasteiger partial charge in [-0.2, -0.15) is 0 Å². The van der Waals surface area contributed by atoms with Gasteiger partial charge in [0.05, 0.1) is 17.7 Å². The number of rotatable bonds is 6. The molecule has 4 aromatic carbocycles. The monoisotopic (exact) mass is 815 g/mol. The third kappa shape index (κ3) is 6.57. The molecule has 4 aromatic rings. The summed E-state index contributed by atoms with van der Waals surface area (Å²) < 4.78 is 14.0. The van der Waals surface area contributed by atoms with Crippen LogP contribution >= 0.6 is 11.6 Å². The van der Waals surface area contributed by atoms with Crippen molar-refractivity contribution in [2.24, 2.45) is 5.41 Å². The van der Waals surface area contributed by atoms with Crippen LogP contribution in [0.1, 0.15) is 98.0 Å². The molecule has 59 heavy (non-hydrogen) atoms. The molecule has 6 aliphatic rings. The second kappa shape index (κ2) is 14.3. The van der Waals surface area contributed by atoms with E-state index in [1.807, 2.05) is 21.9 Å². The molecule has 3 fully saturated rings. The average molecular weight is 816 g/mol. The Morgan fingerprint density at radius 1 is 0.814 bits per heavy atom. The van der Waals surface area contributed by atoms with Crippen molar-refractivity contribution in [3.8, 4) is 5.75 Å². The van der Waals surface area contributed by atoms with Gasteiger partial charge >= 0.3 is 0 Å². The van der Waals surface area contributed by atoms with E-state index in [0.29, 0.717) is 31.2 Å². The molecule has 0 saturated carbocycles. The number of nitrogens with zero attached hydrogens (tertiary/aromatic N) is 4. The van der Waals surface area contributed by atoms with Gasteiger partial charge < -0.3 is 14.9 Å². The van der Waals surface area contributed by atoms with Crippen molar-refractivity contribution in [3.05, 3.63) is 128 Å². The number of aromatic hydroxyl groups is 1. The number of phenolic OH excluding ortho intramolecular Hbond substituents is 1. The molecule has 1 unspecified atom stereocenters. The van der Waals surface area contributed by atoms with Gasteiger partial charge in [0.25, 0.3) is 11.8 Å². The Balaban J connectivity index is 0.746. The van der Waals surface area contributed by atoms with Crippen molar-refractivity contribution in [2.75, 3.05) is 37.6 Å². The predicted octanol–water partition coefficient (Wildman–Crippen LogP) is 5.89.